The van der Waals surface area contributed by atoms with Gasteiger partial charge in [-0.1, -0.05) is 35.0 Å². The first kappa shape index (κ1) is 16.3. The molecule has 1 N–H and O–H groups in total. The molecule has 0 atom stereocenters. The van der Waals surface area contributed by atoms with E-state index in [1.54, 1.807) is 31.2 Å². The Morgan fingerprint density at radius 2 is 1.77 bits per heavy atom. The number of benzene rings is 2. The van der Waals surface area contributed by atoms with Gasteiger partial charge in [-0.15, -0.1) is 0 Å². The topological polar surface area (TPSA) is 67.8 Å². The second-order valence-electron chi connectivity index (χ2n) is 4.46. The molecule has 116 valence electrons. The quantitative estimate of drug-likeness (QED) is 0.670. The van der Waals surface area contributed by atoms with Crippen molar-refractivity contribution in [1.82, 2.24) is 0 Å². The maximum atomic E-state index is 12.4. The smallest absolute Gasteiger partial charge is 0.261 e. The molecule has 0 spiro atoms. The Bertz CT molecular complexity index is 787. The Morgan fingerprint density at radius 3 is 2.41 bits per heavy atom. The minimum Gasteiger partial charge on any atom is -0.399 e. The summed E-state index contributed by atoms with van der Waals surface area (Å²) in [5.74, 6) is 0. The number of nitrogens with zero attached hydrogens (tertiary/aromatic N) is 1. The molecule has 0 radical (unpaired) electrons. The van der Waals surface area contributed by atoms with Gasteiger partial charge in [0.2, 0.25) is 0 Å². The van der Waals surface area contributed by atoms with Crippen molar-refractivity contribution >= 4 is 33.0 Å². The molecular formula is C15H15ClN2O3S. The molecular weight excluding hydrogens is 324 g/mol. The van der Waals surface area contributed by atoms with Crippen LogP contribution in [0.2, 0.25) is 5.02 Å². The second kappa shape index (κ2) is 6.81. The lowest BCUT2D eigenvalue weighted by Crippen LogP contribution is -2.15. The lowest BCUT2D eigenvalue weighted by Gasteiger charge is -2.12. The van der Waals surface area contributed by atoms with E-state index in [2.05, 4.69) is 9.88 Å². The lowest BCUT2D eigenvalue weighted by molar-refractivity contribution is 0.213. The fourth-order valence-electron chi connectivity index (χ4n) is 1.89. The van der Waals surface area contributed by atoms with Crippen molar-refractivity contribution in [3.63, 3.8) is 0 Å². The largest absolute Gasteiger partial charge is 0.399 e. The van der Waals surface area contributed by atoms with Crippen molar-refractivity contribution in [2.75, 3.05) is 11.8 Å². The van der Waals surface area contributed by atoms with Crippen LogP contribution in [0.15, 0.2) is 58.6 Å². The van der Waals surface area contributed by atoms with E-state index in [0.717, 1.165) is 0 Å². The van der Waals surface area contributed by atoms with Gasteiger partial charge >= 0.3 is 0 Å². The zero-order valence-electron chi connectivity index (χ0n) is 12.1. The van der Waals surface area contributed by atoms with Gasteiger partial charge in [-0.2, -0.15) is 0 Å². The summed E-state index contributed by atoms with van der Waals surface area (Å²) in [5, 5.41) is 4.31. The van der Waals surface area contributed by atoms with Crippen LogP contribution in [0.25, 0.3) is 0 Å². The number of hydrogen-bond donors (Lipinski definition) is 1. The highest BCUT2D eigenvalue weighted by Gasteiger charge is 2.16. The summed E-state index contributed by atoms with van der Waals surface area (Å²) in [5.41, 5.74) is 1.63. The van der Waals surface area contributed by atoms with E-state index in [0.29, 0.717) is 22.0 Å². The van der Waals surface area contributed by atoms with Crippen molar-refractivity contribution in [1.29, 1.82) is 0 Å². The number of nitrogens with one attached hydrogen (secondary N) is 1. The standard InChI is InChI=1S/C15H15ClN2O3S/c1-11(17-21-2)14-5-3-4-6-15(14)18-22(19,20)13-9-7-12(16)8-10-13/h3-10,18H,1-2H3/b17-11+. The van der Waals surface area contributed by atoms with Crippen LogP contribution in [-0.2, 0) is 14.9 Å². The summed E-state index contributed by atoms with van der Waals surface area (Å²) in [7, 11) is -2.27. The van der Waals surface area contributed by atoms with Crippen molar-refractivity contribution in [2.24, 2.45) is 5.16 Å². The van der Waals surface area contributed by atoms with Crippen LogP contribution in [0, 0.1) is 0 Å². The van der Waals surface area contributed by atoms with E-state index in [-0.39, 0.29) is 4.90 Å². The third kappa shape index (κ3) is 3.78. The first-order valence-corrected chi connectivity index (χ1v) is 8.25. The van der Waals surface area contributed by atoms with Gasteiger partial charge in [0.25, 0.3) is 10.0 Å². The second-order valence-corrected chi connectivity index (χ2v) is 6.58. The number of sulfonamides is 1. The number of hydrogen-bond acceptors (Lipinski definition) is 4. The minimum atomic E-state index is -3.71. The van der Waals surface area contributed by atoms with Gasteiger partial charge in [0.15, 0.2) is 0 Å². The summed E-state index contributed by atoms with van der Waals surface area (Å²) in [6.07, 6.45) is 0. The molecule has 0 fully saturated rings. The number of halogens is 1. The molecule has 0 aliphatic rings. The van der Waals surface area contributed by atoms with Gasteiger partial charge in [-0.05, 0) is 37.3 Å². The Balaban J connectivity index is 2.38. The van der Waals surface area contributed by atoms with E-state index in [1.807, 2.05) is 0 Å². The first-order chi connectivity index (χ1) is 10.4. The maximum Gasteiger partial charge on any atom is 0.261 e. The molecule has 2 aromatic rings. The van der Waals surface area contributed by atoms with Crippen molar-refractivity contribution in [3.05, 3.63) is 59.1 Å². The summed E-state index contributed by atoms with van der Waals surface area (Å²) >= 11 is 5.78. The molecule has 0 aliphatic carbocycles. The van der Waals surface area contributed by atoms with Gasteiger partial charge in [-0.3, -0.25) is 4.72 Å². The predicted molar refractivity (Wildman–Crippen MR) is 87.9 cm³/mol. The van der Waals surface area contributed by atoms with Crippen LogP contribution >= 0.6 is 11.6 Å². The van der Waals surface area contributed by atoms with Crippen LogP contribution < -0.4 is 4.72 Å². The molecule has 0 heterocycles. The highest BCUT2D eigenvalue weighted by Crippen LogP contribution is 2.22. The summed E-state index contributed by atoms with van der Waals surface area (Å²) in [6, 6.07) is 12.9. The maximum absolute atomic E-state index is 12.4. The molecule has 0 aliphatic heterocycles. The average Bonchev–Trinajstić information content (AvgIpc) is 2.48. The number of para-hydroxylation sites is 1. The Morgan fingerprint density at radius 1 is 1.14 bits per heavy atom. The molecule has 0 amide bonds. The zero-order valence-corrected chi connectivity index (χ0v) is 13.6. The Hall–Kier alpha value is -2.05. The third-order valence-corrected chi connectivity index (χ3v) is 4.55. The fraction of sp³-hybridized carbons (Fsp3) is 0.133. The molecule has 0 unspecified atom stereocenters. The summed E-state index contributed by atoms with van der Waals surface area (Å²) in [6.45, 7) is 1.74. The van der Waals surface area contributed by atoms with E-state index in [1.165, 1.54) is 31.4 Å². The normalized spacial score (nSPS) is 12.0. The fourth-order valence-corrected chi connectivity index (χ4v) is 3.10. The average molecular weight is 339 g/mol. The molecule has 2 aromatic carbocycles. The van der Waals surface area contributed by atoms with Crippen LogP contribution in [-0.4, -0.2) is 21.2 Å². The third-order valence-electron chi connectivity index (χ3n) is 2.91. The van der Waals surface area contributed by atoms with E-state index < -0.39 is 10.0 Å². The predicted octanol–water partition coefficient (Wildman–Crippen LogP) is 3.51. The molecule has 0 saturated carbocycles. The Kier molecular flexibility index (Phi) is 5.05. The molecule has 0 bridgehead atoms. The van der Waals surface area contributed by atoms with E-state index >= 15 is 0 Å². The van der Waals surface area contributed by atoms with Gasteiger partial charge in [0.05, 0.1) is 16.3 Å². The lowest BCUT2D eigenvalue weighted by atomic mass is 10.1. The molecule has 5 nitrogen and oxygen atoms in total. The minimum absolute atomic E-state index is 0.132. The molecule has 2 rings (SSSR count). The van der Waals surface area contributed by atoms with Crippen molar-refractivity contribution in [3.8, 4) is 0 Å². The van der Waals surface area contributed by atoms with Gasteiger partial charge in [0.1, 0.15) is 7.11 Å². The highest BCUT2D eigenvalue weighted by atomic mass is 35.5. The van der Waals surface area contributed by atoms with Crippen molar-refractivity contribution in [2.45, 2.75) is 11.8 Å². The van der Waals surface area contributed by atoms with Crippen LogP contribution in [0.1, 0.15) is 12.5 Å². The van der Waals surface area contributed by atoms with Crippen LogP contribution in [0.5, 0.6) is 0 Å². The Labute approximate surface area is 134 Å². The number of rotatable bonds is 5. The van der Waals surface area contributed by atoms with Gasteiger partial charge in [0, 0.05) is 10.6 Å². The highest BCUT2D eigenvalue weighted by molar-refractivity contribution is 7.92. The van der Waals surface area contributed by atoms with Crippen LogP contribution in [0.3, 0.4) is 0 Å². The van der Waals surface area contributed by atoms with E-state index in [9.17, 15) is 8.42 Å². The number of oxime groups is 1. The van der Waals surface area contributed by atoms with Gasteiger partial charge < -0.3 is 4.84 Å². The van der Waals surface area contributed by atoms with Gasteiger partial charge in [-0.25, -0.2) is 8.42 Å². The van der Waals surface area contributed by atoms with Crippen molar-refractivity contribution < 1.29 is 13.3 Å². The molecule has 22 heavy (non-hydrogen) atoms. The summed E-state index contributed by atoms with van der Waals surface area (Å²) in [4.78, 5) is 4.87. The van der Waals surface area contributed by atoms with Crippen LogP contribution in [0.4, 0.5) is 5.69 Å². The molecule has 0 aromatic heterocycles. The summed E-state index contributed by atoms with van der Waals surface area (Å²) < 4.78 is 27.4. The first-order valence-electron chi connectivity index (χ1n) is 6.39. The molecule has 7 heteroatoms. The monoisotopic (exact) mass is 338 g/mol. The molecule has 0 saturated heterocycles. The zero-order chi connectivity index (χ0) is 16.2. The SMILES string of the molecule is CO/N=C(\C)c1ccccc1NS(=O)(=O)c1ccc(Cl)cc1. The number of anilines is 1. The van der Waals surface area contributed by atoms with E-state index in [4.69, 9.17) is 16.4 Å².